The Morgan fingerprint density at radius 1 is 1.35 bits per heavy atom. The number of piperidine rings is 1. The molecule has 1 saturated heterocycles. The summed E-state index contributed by atoms with van der Waals surface area (Å²) in [7, 11) is 0. The van der Waals surface area contributed by atoms with Crippen molar-refractivity contribution in [2.45, 2.75) is 24.2 Å². The highest BCUT2D eigenvalue weighted by Gasteiger charge is 2.13. The second-order valence-electron chi connectivity index (χ2n) is 4.42. The Hall–Kier alpha value is -0.610. The fraction of sp³-hybridized carbons (Fsp3) is 0.538. The van der Waals surface area contributed by atoms with Gasteiger partial charge in [0.2, 0.25) is 0 Å². The highest BCUT2D eigenvalue weighted by atomic mass is 32.2. The first-order valence-electron chi connectivity index (χ1n) is 6.04. The molecule has 4 heteroatoms. The van der Waals surface area contributed by atoms with E-state index in [9.17, 15) is 8.78 Å². The number of nitrogens with one attached hydrogen (secondary N) is 1. The zero-order valence-corrected chi connectivity index (χ0v) is 10.5. The molecule has 17 heavy (non-hydrogen) atoms. The normalized spacial score (nSPS) is 20.5. The largest absolute Gasteiger partial charge is 0.316 e. The monoisotopic (exact) mass is 257 g/mol. The third kappa shape index (κ3) is 3.96. The minimum absolute atomic E-state index is 0.447. The van der Waals surface area contributed by atoms with Gasteiger partial charge in [-0.05, 0) is 56.2 Å². The first-order valence-corrected chi connectivity index (χ1v) is 7.03. The molecule has 1 aliphatic rings. The second kappa shape index (κ2) is 6.36. The van der Waals surface area contributed by atoms with Crippen LogP contribution in [0.1, 0.15) is 19.3 Å². The van der Waals surface area contributed by atoms with Gasteiger partial charge in [-0.1, -0.05) is 0 Å². The molecule has 0 amide bonds. The van der Waals surface area contributed by atoms with E-state index in [4.69, 9.17) is 0 Å². The molecule has 0 saturated carbocycles. The lowest BCUT2D eigenvalue weighted by Crippen LogP contribution is -2.29. The molecule has 1 atom stereocenters. The molecule has 0 radical (unpaired) electrons. The van der Waals surface area contributed by atoms with Gasteiger partial charge in [-0.2, -0.15) is 0 Å². The fourth-order valence-corrected chi connectivity index (χ4v) is 3.13. The molecule has 94 valence electrons. The molecular weight excluding hydrogens is 240 g/mol. The van der Waals surface area contributed by atoms with E-state index in [0.29, 0.717) is 10.8 Å². The van der Waals surface area contributed by atoms with Gasteiger partial charge in [-0.3, -0.25) is 0 Å². The predicted octanol–water partition coefficient (Wildman–Crippen LogP) is 3.45. The molecule has 1 nitrogen and oxygen atoms in total. The number of hydrogen-bond acceptors (Lipinski definition) is 2. The Morgan fingerprint density at radius 2 is 2.24 bits per heavy atom. The molecule has 0 bridgehead atoms. The van der Waals surface area contributed by atoms with Crippen molar-refractivity contribution in [2.24, 2.45) is 5.92 Å². The molecule has 1 heterocycles. The Kier molecular flexibility index (Phi) is 4.80. The van der Waals surface area contributed by atoms with Crippen LogP contribution in [0.5, 0.6) is 0 Å². The van der Waals surface area contributed by atoms with Crippen LogP contribution in [-0.4, -0.2) is 18.8 Å². The summed E-state index contributed by atoms with van der Waals surface area (Å²) in [5.41, 5.74) is 0. The van der Waals surface area contributed by atoms with Crippen LogP contribution in [0.3, 0.4) is 0 Å². The van der Waals surface area contributed by atoms with Gasteiger partial charge in [0.25, 0.3) is 0 Å². The molecule has 1 fully saturated rings. The van der Waals surface area contributed by atoms with Crippen LogP contribution in [0.2, 0.25) is 0 Å². The van der Waals surface area contributed by atoms with E-state index in [2.05, 4.69) is 5.32 Å². The lowest BCUT2D eigenvalue weighted by Gasteiger charge is -2.22. The van der Waals surface area contributed by atoms with Crippen molar-refractivity contribution in [3.63, 3.8) is 0 Å². The van der Waals surface area contributed by atoms with Crippen molar-refractivity contribution in [2.75, 3.05) is 18.8 Å². The van der Waals surface area contributed by atoms with E-state index < -0.39 is 11.6 Å². The average Bonchev–Trinajstić information content (AvgIpc) is 2.33. The molecular formula is C13H17F2NS. The summed E-state index contributed by atoms with van der Waals surface area (Å²) in [6.07, 6.45) is 3.59. The Bertz CT molecular complexity index is 364. The molecule has 2 rings (SSSR count). The number of benzene rings is 1. The lowest BCUT2D eigenvalue weighted by molar-refractivity contribution is 0.371. The Balaban J connectivity index is 1.77. The minimum atomic E-state index is -0.511. The molecule has 1 aromatic carbocycles. The maximum Gasteiger partial charge on any atom is 0.139 e. The standard InChI is InChI=1S/C13H17F2NS/c14-11-3-4-13(12(15)8-11)17-7-5-10-2-1-6-16-9-10/h3-4,8,10,16H,1-2,5-7,9H2. The second-order valence-corrected chi connectivity index (χ2v) is 5.56. The van der Waals surface area contributed by atoms with Crippen LogP contribution in [-0.2, 0) is 0 Å². The van der Waals surface area contributed by atoms with Crippen molar-refractivity contribution in [3.05, 3.63) is 29.8 Å². The SMILES string of the molecule is Fc1ccc(SCCC2CCCNC2)c(F)c1. The van der Waals surface area contributed by atoms with E-state index in [1.807, 2.05) is 0 Å². The topological polar surface area (TPSA) is 12.0 Å². The molecule has 1 aromatic rings. The lowest BCUT2D eigenvalue weighted by atomic mass is 9.97. The van der Waals surface area contributed by atoms with Gasteiger partial charge in [0, 0.05) is 11.0 Å². The van der Waals surface area contributed by atoms with Crippen molar-refractivity contribution in [1.82, 2.24) is 5.32 Å². The van der Waals surface area contributed by atoms with Gasteiger partial charge in [-0.15, -0.1) is 11.8 Å². The Morgan fingerprint density at radius 3 is 2.94 bits per heavy atom. The zero-order chi connectivity index (χ0) is 12.1. The summed E-state index contributed by atoms with van der Waals surface area (Å²) in [4.78, 5) is 0.551. The average molecular weight is 257 g/mol. The van der Waals surface area contributed by atoms with Gasteiger partial charge < -0.3 is 5.32 Å². The third-order valence-corrected chi connectivity index (χ3v) is 4.16. The van der Waals surface area contributed by atoms with Gasteiger partial charge in [0.15, 0.2) is 0 Å². The van der Waals surface area contributed by atoms with Crippen LogP contribution in [0.25, 0.3) is 0 Å². The molecule has 1 aliphatic heterocycles. The Labute approximate surface area is 105 Å². The van der Waals surface area contributed by atoms with E-state index in [0.717, 1.165) is 31.3 Å². The van der Waals surface area contributed by atoms with E-state index in [1.54, 1.807) is 0 Å². The van der Waals surface area contributed by atoms with Crippen molar-refractivity contribution in [3.8, 4) is 0 Å². The highest BCUT2D eigenvalue weighted by Crippen LogP contribution is 2.25. The molecule has 0 aromatic heterocycles. The first kappa shape index (κ1) is 12.8. The molecule has 0 aliphatic carbocycles. The summed E-state index contributed by atoms with van der Waals surface area (Å²) < 4.78 is 26.0. The van der Waals surface area contributed by atoms with Gasteiger partial charge in [0.1, 0.15) is 11.6 Å². The first-order chi connectivity index (χ1) is 8.25. The summed E-state index contributed by atoms with van der Waals surface area (Å²) in [5, 5.41) is 3.37. The van der Waals surface area contributed by atoms with Gasteiger partial charge >= 0.3 is 0 Å². The minimum Gasteiger partial charge on any atom is -0.316 e. The summed E-state index contributed by atoms with van der Waals surface area (Å²) in [6, 6.07) is 3.78. The molecule has 0 spiro atoms. The zero-order valence-electron chi connectivity index (χ0n) is 9.72. The van der Waals surface area contributed by atoms with E-state index >= 15 is 0 Å². The summed E-state index contributed by atoms with van der Waals surface area (Å²) in [5.74, 6) is 0.648. The van der Waals surface area contributed by atoms with Crippen LogP contribution in [0.15, 0.2) is 23.1 Å². The molecule has 1 N–H and O–H groups in total. The summed E-state index contributed by atoms with van der Waals surface area (Å²) in [6.45, 7) is 2.20. The fourth-order valence-electron chi connectivity index (χ4n) is 2.10. The number of hydrogen-bond donors (Lipinski definition) is 1. The third-order valence-electron chi connectivity index (χ3n) is 3.08. The predicted molar refractivity (Wildman–Crippen MR) is 67.3 cm³/mol. The maximum absolute atomic E-state index is 13.3. The van der Waals surface area contributed by atoms with Gasteiger partial charge in [-0.25, -0.2) is 8.78 Å². The van der Waals surface area contributed by atoms with Crippen molar-refractivity contribution in [1.29, 1.82) is 0 Å². The van der Waals surface area contributed by atoms with E-state index in [1.165, 1.54) is 36.7 Å². The summed E-state index contributed by atoms with van der Waals surface area (Å²) >= 11 is 1.48. The van der Waals surface area contributed by atoms with Crippen LogP contribution >= 0.6 is 11.8 Å². The number of halogens is 2. The number of thioether (sulfide) groups is 1. The maximum atomic E-state index is 13.3. The van der Waals surface area contributed by atoms with Gasteiger partial charge in [0.05, 0.1) is 0 Å². The quantitative estimate of drug-likeness (QED) is 0.829. The van der Waals surface area contributed by atoms with Crippen molar-refractivity contribution < 1.29 is 8.78 Å². The van der Waals surface area contributed by atoms with Crippen LogP contribution in [0, 0.1) is 17.6 Å². The van der Waals surface area contributed by atoms with E-state index in [-0.39, 0.29) is 0 Å². The van der Waals surface area contributed by atoms with Crippen LogP contribution in [0.4, 0.5) is 8.78 Å². The van der Waals surface area contributed by atoms with Crippen molar-refractivity contribution >= 4 is 11.8 Å². The smallest absolute Gasteiger partial charge is 0.139 e. The van der Waals surface area contributed by atoms with Crippen LogP contribution < -0.4 is 5.32 Å². The number of rotatable bonds is 4. The molecule has 1 unspecified atom stereocenters. The highest BCUT2D eigenvalue weighted by molar-refractivity contribution is 7.99.